The second kappa shape index (κ2) is 6.19. The van der Waals surface area contributed by atoms with E-state index in [0.717, 1.165) is 27.7 Å². The van der Waals surface area contributed by atoms with E-state index < -0.39 is 0 Å². The van der Waals surface area contributed by atoms with Crippen LogP contribution in [0.5, 0.6) is 0 Å². The van der Waals surface area contributed by atoms with E-state index in [0.29, 0.717) is 17.0 Å². The highest BCUT2D eigenvalue weighted by Gasteiger charge is 2.20. The summed E-state index contributed by atoms with van der Waals surface area (Å²) in [6, 6.07) is 17.1. The number of nitrogens with zero attached hydrogens (tertiary/aromatic N) is 1. The van der Waals surface area contributed by atoms with E-state index in [1.807, 2.05) is 62.4 Å². The molecule has 0 unspecified atom stereocenters. The number of fused-ring (bicyclic) bond motifs is 1. The van der Waals surface area contributed by atoms with Crippen LogP contribution in [-0.4, -0.2) is 10.1 Å². The van der Waals surface area contributed by atoms with Gasteiger partial charge in [-0.3, -0.25) is 4.79 Å². The topological polar surface area (TPSA) is 84.9 Å². The van der Waals surface area contributed by atoms with E-state index in [1.54, 1.807) is 6.07 Å². The maximum absolute atomic E-state index is 12.9. The van der Waals surface area contributed by atoms with Crippen molar-refractivity contribution in [3.8, 4) is 22.5 Å². The Morgan fingerprint density at radius 1 is 1.04 bits per heavy atom. The van der Waals surface area contributed by atoms with Crippen molar-refractivity contribution in [1.29, 1.82) is 0 Å². The van der Waals surface area contributed by atoms with Gasteiger partial charge >= 0.3 is 0 Å². The van der Waals surface area contributed by atoms with Gasteiger partial charge in [-0.15, -0.1) is 0 Å². The molecule has 3 N–H and O–H groups in total. The molecule has 0 aliphatic carbocycles. The number of rotatable bonds is 3. The summed E-state index contributed by atoms with van der Waals surface area (Å²) in [5, 5.41) is 4.98. The number of anilines is 1. The van der Waals surface area contributed by atoms with Gasteiger partial charge in [-0.05, 0) is 29.7 Å². The molecule has 0 aliphatic heterocycles. The van der Waals surface area contributed by atoms with E-state index in [4.69, 9.17) is 10.3 Å². The van der Waals surface area contributed by atoms with Gasteiger partial charge in [0.2, 0.25) is 0 Å². The SMILES string of the molecule is CC(C)c1cc(-c2c(-c3ccccc3)c3cc(N)ccc3[nH]c2=O)on1. The van der Waals surface area contributed by atoms with Crippen LogP contribution in [0.2, 0.25) is 0 Å². The molecule has 5 heteroatoms. The molecule has 130 valence electrons. The van der Waals surface area contributed by atoms with Crippen molar-refractivity contribution in [2.24, 2.45) is 0 Å². The normalized spacial score (nSPS) is 11.3. The summed E-state index contributed by atoms with van der Waals surface area (Å²) >= 11 is 0. The number of H-pyrrole nitrogens is 1. The van der Waals surface area contributed by atoms with Crippen molar-refractivity contribution in [3.63, 3.8) is 0 Å². The van der Waals surface area contributed by atoms with Crippen LogP contribution in [0.1, 0.15) is 25.5 Å². The van der Waals surface area contributed by atoms with Gasteiger partial charge in [-0.25, -0.2) is 0 Å². The summed E-state index contributed by atoms with van der Waals surface area (Å²) in [6.45, 7) is 4.07. The molecule has 0 saturated carbocycles. The van der Waals surface area contributed by atoms with Crippen molar-refractivity contribution in [1.82, 2.24) is 10.1 Å². The van der Waals surface area contributed by atoms with E-state index >= 15 is 0 Å². The van der Waals surface area contributed by atoms with Gasteiger partial charge in [-0.1, -0.05) is 49.3 Å². The Kier molecular flexibility index (Phi) is 3.84. The molecule has 4 rings (SSSR count). The highest BCUT2D eigenvalue weighted by Crippen LogP contribution is 2.36. The summed E-state index contributed by atoms with van der Waals surface area (Å²) in [5.74, 6) is 0.668. The minimum Gasteiger partial charge on any atom is -0.399 e. The van der Waals surface area contributed by atoms with Crippen molar-refractivity contribution in [2.45, 2.75) is 19.8 Å². The lowest BCUT2D eigenvalue weighted by atomic mass is 9.94. The zero-order valence-electron chi connectivity index (χ0n) is 14.6. The van der Waals surface area contributed by atoms with Gasteiger partial charge in [0.15, 0.2) is 5.76 Å². The first-order chi connectivity index (χ1) is 12.5. The molecule has 5 nitrogen and oxygen atoms in total. The smallest absolute Gasteiger partial charge is 0.260 e. The first-order valence-corrected chi connectivity index (χ1v) is 8.52. The minimum atomic E-state index is -0.215. The Morgan fingerprint density at radius 2 is 1.81 bits per heavy atom. The Hall–Kier alpha value is -3.34. The van der Waals surface area contributed by atoms with Gasteiger partial charge < -0.3 is 15.2 Å². The predicted molar refractivity (Wildman–Crippen MR) is 104 cm³/mol. The van der Waals surface area contributed by atoms with Crippen molar-refractivity contribution < 1.29 is 4.52 Å². The molecule has 4 aromatic rings. The molecule has 0 aliphatic rings. The number of nitrogens with two attached hydrogens (primary N) is 1. The van der Waals surface area contributed by atoms with E-state index in [1.165, 1.54) is 0 Å². The van der Waals surface area contributed by atoms with Crippen LogP contribution in [0.25, 0.3) is 33.4 Å². The molecule has 2 aromatic carbocycles. The minimum absolute atomic E-state index is 0.211. The lowest BCUT2D eigenvalue weighted by Gasteiger charge is -2.11. The van der Waals surface area contributed by atoms with Gasteiger partial charge in [0.05, 0.1) is 11.3 Å². The monoisotopic (exact) mass is 345 g/mol. The molecule has 0 fully saturated rings. The third kappa shape index (κ3) is 2.67. The van der Waals surface area contributed by atoms with Gasteiger partial charge in [0, 0.05) is 28.2 Å². The largest absolute Gasteiger partial charge is 0.399 e. The molecule has 26 heavy (non-hydrogen) atoms. The number of aromatic nitrogens is 2. The predicted octanol–water partition coefficient (Wildman–Crippen LogP) is 4.56. The summed E-state index contributed by atoms with van der Waals surface area (Å²) in [6.07, 6.45) is 0. The first-order valence-electron chi connectivity index (χ1n) is 8.52. The molecule has 0 saturated heterocycles. The van der Waals surface area contributed by atoms with Crippen LogP contribution in [0.4, 0.5) is 5.69 Å². The van der Waals surface area contributed by atoms with Gasteiger partial charge in [-0.2, -0.15) is 0 Å². The summed E-state index contributed by atoms with van der Waals surface area (Å²) in [4.78, 5) is 15.9. The van der Waals surface area contributed by atoms with Crippen LogP contribution in [-0.2, 0) is 0 Å². The van der Waals surface area contributed by atoms with Crippen LogP contribution in [0.3, 0.4) is 0 Å². The second-order valence-corrected chi connectivity index (χ2v) is 6.65. The Labute approximate surface area is 150 Å². The Morgan fingerprint density at radius 3 is 2.50 bits per heavy atom. The maximum Gasteiger partial charge on any atom is 0.260 e. The molecule has 0 atom stereocenters. The quantitative estimate of drug-likeness (QED) is 0.533. The zero-order valence-corrected chi connectivity index (χ0v) is 14.6. The number of hydrogen-bond donors (Lipinski definition) is 2. The summed E-state index contributed by atoms with van der Waals surface area (Å²) in [5.41, 5.74) is 10.2. The zero-order chi connectivity index (χ0) is 18.3. The van der Waals surface area contributed by atoms with Crippen molar-refractivity contribution in [3.05, 3.63) is 70.6 Å². The summed E-state index contributed by atoms with van der Waals surface area (Å²) in [7, 11) is 0. The number of nitrogen functional groups attached to an aromatic ring is 1. The van der Waals surface area contributed by atoms with Crippen LogP contribution >= 0.6 is 0 Å². The average Bonchev–Trinajstić information content (AvgIpc) is 3.12. The Balaban J connectivity index is 2.11. The number of hydrogen-bond acceptors (Lipinski definition) is 4. The fraction of sp³-hybridized carbons (Fsp3) is 0.143. The molecule has 0 radical (unpaired) electrons. The first kappa shape index (κ1) is 16.1. The molecule has 2 aromatic heterocycles. The van der Waals surface area contributed by atoms with Gasteiger partial charge in [0.25, 0.3) is 5.56 Å². The summed E-state index contributed by atoms with van der Waals surface area (Å²) < 4.78 is 5.53. The molecular weight excluding hydrogens is 326 g/mol. The van der Waals surface area contributed by atoms with E-state index in [2.05, 4.69) is 10.1 Å². The molecule has 0 spiro atoms. The number of aromatic amines is 1. The van der Waals surface area contributed by atoms with Crippen LogP contribution < -0.4 is 11.3 Å². The van der Waals surface area contributed by atoms with Gasteiger partial charge in [0.1, 0.15) is 0 Å². The van der Waals surface area contributed by atoms with E-state index in [-0.39, 0.29) is 11.5 Å². The molecular formula is C21H19N3O2. The Bertz CT molecular complexity index is 1140. The van der Waals surface area contributed by atoms with E-state index in [9.17, 15) is 4.79 Å². The average molecular weight is 345 g/mol. The highest BCUT2D eigenvalue weighted by molar-refractivity contribution is 6.02. The fourth-order valence-electron chi connectivity index (χ4n) is 3.13. The highest BCUT2D eigenvalue weighted by atomic mass is 16.5. The second-order valence-electron chi connectivity index (χ2n) is 6.65. The van der Waals surface area contributed by atoms with Crippen molar-refractivity contribution in [2.75, 3.05) is 5.73 Å². The number of benzene rings is 2. The molecule has 0 amide bonds. The number of pyridine rings is 1. The fourth-order valence-corrected chi connectivity index (χ4v) is 3.13. The lowest BCUT2D eigenvalue weighted by Crippen LogP contribution is -2.11. The molecule has 0 bridgehead atoms. The van der Waals surface area contributed by atoms with Crippen molar-refractivity contribution >= 4 is 16.6 Å². The maximum atomic E-state index is 12.9. The lowest BCUT2D eigenvalue weighted by molar-refractivity contribution is 0.419. The third-order valence-electron chi connectivity index (χ3n) is 4.47. The third-order valence-corrected chi connectivity index (χ3v) is 4.47. The van der Waals surface area contributed by atoms with Crippen LogP contribution in [0.15, 0.2) is 63.9 Å². The van der Waals surface area contributed by atoms with Crippen LogP contribution in [0, 0.1) is 0 Å². The molecule has 2 heterocycles. The standard InChI is InChI=1S/C21H19N3O2/c1-12(2)17-11-18(26-24-17)20-19(13-6-4-3-5-7-13)15-10-14(22)8-9-16(15)23-21(20)25/h3-12H,22H2,1-2H3,(H,23,25). The number of nitrogens with one attached hydrogen (secondary N) is 1.